The fraction of sp³-hybridized carbons (Fsp3) is 0.286. The number of amides is 2. The molecule has 7 nitrogen and oxygen atoms in total. The van der Waals surface area contributed by atoms with E-state index in [1.54, 1.807) is 38.4 Å². The molecule has 0 saturated carbocycles. The molecule has 0 fully saturated rings. The number of hydrogen-bond acceptors (Lipinski definition) is 4. The molecule has 2 aromatic rings. The summed E-state index contributed by atoms with van der Waals surface area (Å²) in [5.74, 6) is -0.516. The summed E-state index contributed by atoms with van der Waals surface area (Å²) in [7, 11) is 3.23. The lowest BCUT2D eigenvalue weighted by Crippen LogP contribution is -2.37. The van der Waals surface area contributed by atoms with Crippen LogP contribution in [0.5, 0.6) is 0 Å². The lowest BCUT2D eigenvalue weighted by atomic mass is 10.1. The Labute approximate surface area is 121 Å². The first kappa shape index (κ1) is 14.7. The van der Waals surface area contributed by atoms with Crippen molar-refractivity contribution in [3.05, 3.63) is 40.3 Å². The number of aromatic nitrogens is 2. The van der Waals surface area contributed by atoms with Gasteiger partial charge in [0.05, 0.1) is 24.0 Å². The topological polar surface area (TPSA) is 95.2 Å². The van der Waals surface area contributed by atoms with Gasteiger partial charge in [-0.25, -0.2) is 5.10 Å². The van der Waals surface area contributed by atoms with Gasteiger partial charge < -0.3 is 10.2 Å². The van der Waals surface area contributed by atoms with Gasteiger partial charge in [0.25, 0.3) is 5.56 Å². The first-order valence-electron chi connectivity index (χ1n) is 6.42. The molecule has 0 radical (unpaired) electrons. The average Bonchev–Trinajstić information content (AvgIpc) is 2.48. The van der Waals surface area contributed by atoms with Crippen LogP contribution >= 0.6 is 0 Å². The van der Waals surface area contributed by atoms with Gasteiger partial charge in [-0.05, 0) is 6.07 Å². The highest BCUT2D eigenvalue weighted by Gasteiger charge is 2.12. The molecule has 1 heterocycles. The minimum atomic E-state index is -0.324. The van der Waals surface area contributed by atoms with Crippen LogP contribution in [-0.2, 0) is 16.0 Å². The third kappa shape index (κ3) is 3.44. The lowest BCUT2D eigenvalue weighted by Gasteiger charge is -2.11. The van der Waals surface area contributed by atoms with Crippen molar-refractivity contribution in [3.63, 3.8) is 0 Å². The normalized spacial score (nSPS) is 10.4. The number of hydrogen-bond donors (Lipinski definition) is 2. The molecule has 2 rings (SSSR count). The second kappa shape index (κ2) is 6.17. The van der Waals surface area contributed by atoms with E-state index in [0.717, 1.165) is 0 Å². The van der Waals surface area contributed by atoms with Crippen LogP contribution in [0.3, 0.4) is 0 Å². The van der Waals surface area contributed by atoms with E-state index in [-0.39, 0.29) is 30.3 Å². The smallest absolute Gasteiger partial charge is 0.272 e. The largest absolute Gasteiger partial charge is 0.347 e. The molecule has 0 saturated heterocycles. The molecule has 0 atom stereocenters. The fourth-order valence-electron chi connectivity index (χ4n) is 1.85. The quantitative estimate of drug-likeness (QED) is 0.805. The molecule has 0 aliphatic carbocycles. The van der Waals surface area contributed by atoms with Crippen LogP contribution in [0.4, 0.5) is 0 Å². The van der Waals surface area contributed by atoms with Gasteiger partial charge in [0.1, 0.15) is 0 Å². The molecule has 7 heteroatoms. The fourth-order valence-corrected chi connectivity index (χ4v) is 1.85. The Hall–Kier alpha value is -2.70. The van der Waals surface area contributed by atoms with Gasteiger partial charge in [0.2, 0.25) is 11.8 Å². The van der Waals surface area contributed by atoms with Gasteiger partial charge in [-0.3, -0.25) is 14.4 Å². The third-order valence-corrected chi connectivity index (χ3v) is 3.04. The molecule has 0 aliphatic heterocycles. The first-order valence-corrected chi connectivity index (χ1v) is 6.42. The number of likely N-dealkylation sites (N-methyl/N-ethyl adjacent to an activating group) is 1. The summed E-state index contributed by atoms with van der Waals surface area (Å²) >= 11 is 0. The van der Waals surface area contributed by atoms with E-state index in [1.165, 1.54) is 4.90 Å². The van der Waals surface area contributed by atoms with Crippen molar-refractivity contribution in [2.45, 2.75) is 6.42 Å². The number of carbonyl (C=O) groups is 2. The van der Waals surface area contributed by atoms with E-state index in [9.17, 15) is 14.4 Å². The Balaban J connectivity index is 2.13. The molecule has 2 amide bonds. The predicted octanol–water partition coefficient (Wildman–Crippen LogP) is -0.330. The highest BCUT2D eigenvalue weighted by atomic mass is 16.2. The van der Waals surface area contributed by atoms with Crippen LogP contribution in [0.15, 0.2) is 29.1 Å². The zero-order valence-electron chi connectivity index (χ0n) is 11.8. The summed E-state index contributed by atoms with van der Waals surface area (Å²) in [5.41, 5.74) is 0.178. The number of carbonyl (C=O) groups excluding carboxylic acids is 2. The van der Waals surface area contributed by atoms with Crippen molar-refractivity contribution >= 4 is 22.6 Å². The number of nitrogens with one attached hydrogen (secondary N) is 2. The van der Waals surface area contributed by atoms with E-state index in [4.69, 9.17) is 0 Å². The van der Waals surface area contributed by atoms with E-state index in [2.05, 4.69) is 15.5 Å². The predicted molar refractivity (Wildman–Crippen MR) is 77.8 cm³/mol. The van der Waals surface area contributed by atoms with Gasteiger partial charge >= 0.3 is 0 Å². The zero-order valence-corrected chi connectivity index (χ0v) is 11.8. The van der Waals surface area contributed by atoms with Gasteiger partial charge in [-0.2, -0.15) is 5.10 Å². The monoisotopic (exact) mass is 288 g/mol. The second-order valence-corrected chi connectivity index (χ2v) is 4.79. The third-order valence-electron chi connectivity index (χ3n) is 3.04. The van der Waals surface area contributed by atoms with E-state index < -0.39 is 0 Å². The molecule has 2 N–H and O–H groups in total. The molecule has 0 bridgehead atoms. The highest BCUT2D eigenvalue weighted by molar-refractivity contribution is 5.90. The Morgan fingerprint density at radius 2 is 1.90 bits per heavy atom. The molecule has 1 aromatic heterocycles. The number of rotatable bonds is 4. The summed E-state index contributed by atoms with van der Waals surface area (Å²) in [6.45, 7) is -0.0624. The van der Waals surface area contributed by atoms with Crippen LogP contribution in [0.25, 0.3) is 10.8 Å². The summed E-state index contributed by atoms with van der Waals surface area (Å²) < 4.78 is 0. The highest BCUT2D eigenvalue weighted by Crippen LogP contribution is 2.12. The average molecular weight is 288 g/mol. The van der Waals surface area contributed by atoms with Gasteiger partial charge in [-0.1, -0.05) is 18.2 Å². The minimum Gasteiger partial charge on any atom is -0.347 e. The van der Waals surface area contributed by atoms with Crippen LogP contribution in [0.1, 0.15) is 5.69 Å². The van der Waals surface area contributed by atoms with Crippen LogP contribution < -0.4 is 10.9 Å². The Bertz CT molecular complexity index is 736. The van der Waals surface area contributed by atoms with Crippen molar-refractivity contribution < 1.29 is 9.59 Å². The summed E-state index contributed by atoms with van der Waals surface area (Å²) in [5, 5.41) is 9.94. The lowest BCUT2D eigenvalue weighted by molar-refractivity contribution is -0.130. The van der Waals surface area contributed by atoms with Crippen molar-refractivity contribution in [2.24, 2.45) is 0 Å². The Kier molecular flexibility index (Phi) is 4.32. The van der Waals surface area contributed by atoms with Crippen LogP contribution in [-0.4, -0.2) is 47.6 Å². The Morgan fingerprint density at radius 3 is 2.57 bits per heavy atom. The molecule has 0 spiro atoms. The standard InChI is InChI=1S/C14H16N4O3/c1-18(2)13(20)8-15-12(19)7-11-9-5-3-4-6-10(9)14(21)17-16-11/h3-6H,7-8H2,1-2H3,(H,15,19)(H,17,21). The number of benzene rings is 1. The molecule has 1 aromatic carbocycles. The van der Waals surface area contributed by atoms with Crippen molar-refractivity contribution in [1.82, 2.24) is 20.4 Å². The SMILES string of the molecule is CN(C)C(=O)CNC(=O)Cc1n[nH]c(=O)c2ccccc12. The summed E-state index contributed by atoms with van der Waals surface area (Å²) in [6, 6.07) is 6.94. The number of nitrogens with zero attached hydrogens (tertiary/aromatic N) is 2. The molecule has 0 aliphatic rings. The van der Waals surface area contributed by atoms with Gasteiger partial charge in [-0.15, -0.1) is 0 Å². The maximum absolute atomic E-state index is 11.9. The van der Waals surface area contributed by atoms with Gasteiger partial charge in [0, 0.05) is 19.5 Å². The molecular weight excluding hydrogens is 272 g/mol. The van der Waals surface area contributed by atoms with Crippen molar-refractivity contribution in [2.75, 3.05) is 20.6 Å². The van der Waals surface area contributed by atoms with Crippen LogP contribution in [0, 0.1) is 0 Å². The van der Waals surface area contributed by atoms with E-state index >= 15 is 0 Å². The van der Waals surface area contributed by atoms with Crippen molar-refractivity contribution in [1.29, 1.82) is 0 Å². The molecular formula is C14H16N4O3. The molecule has 21 heavy (non-hydrogen) atoms. The van der Waals surface area contributed by atoms with E-state index in [1.807, 2.05) is 0 Å². The van der Waals surface area contributed by atoms with Crippen molar-refractivity contribution in [3.8, 4) is 0 Å². The van der Waals surface area contributed by atoms with Gasteiger partial charge in [0.15, 0.2) is 0 Å². The zero-order chi connectivity index (χ0) is 15.4. The van der Waals surface area contributed by atoms with Crippen LogP contribution in [0.2, 0.25) is 0 Å². The van der Waals surface area contributed by atoms with E-state index in [0.29, 0.717) is 16.5 Å². The summed E-state index contributed by atoms with van der Waals surface area (Å²) in [6.07, 6.45) is -0.00198. The minimum absolute atomic E-state index is 0.00198. The summed E-state index contributed by atoms with van der Waals surface area (Å²) in [4.78, 5) is 36.3. The maximum Gasteiger partial charge on any atom is 0.272 e. The molecule has 0 unspecified atom stereocenters. The maximum atomic E-state index is 11.9. The number of fused-ring (bicyclic) bond motifs is 1. The second-order valence-electron chi connectivity index (χ2n) is 4.79. The number of aromatic amines is 1. The first-order chi connectivity index (χ1) is 9.99. The number of H-pyrrole nitrogens is 1. The Morgan fingerprint density at radius 1 is 1.24 bits per heavy atom. The molecule has 110 valence electrons.